The molecule has 2 rings (SSSR count). The quantitative estimate of drug-likeness (QED) is 0.639. The summed E-state index contributed by atoms with van der Waals surface area (Å²) in [6.07, 6.45) is 1.40. The standard InChI is InChI=1S/C17H17NO4S/c1-12-9-10-15(16(11-12)22-13(2)19)17(20)18-23(3,21)14-7-5-4-6-8-14/h4-11H,1-3H3. The molecule has 1 unspecified atom stereocenters. The Hall–Kier alpha value is -2.47. The van der Waals surface area contributed by atoms with Gasteiger partial charge in [0.15, 0.2) is 0 Å². The van der Waals surface area contributed by atoms with Gasteiger partial charge in [-0.15, -0.1) is 0 Å². The van der Waals surface area contributed by atoms with E-state index in [-0.39, 0.29) is 11.3 Å². The Morgan fingerprint density at radius 3 is 2.35 bits per heavy atom. The van der Waals surface area contributed by atoms with E-state index in [4.69, 9.17) is 4.74 Å². The molecule has 0 bridgehead atoms. The van der Waals surface area contributed by atoms with E-state index in [9.17, 15) is 13.8 Å². The zero-order chi connectivity index (χ0) is 17.0. The van der Waals surface area contributed by atoms with E-state index in [0.29, 0.717) is 4.90 Å². The Morgan fingerprint density at radius 2 is 1.74 bits per heavy atom. The highest BCUT2D eigenvalue weighted by atomic mass is 32.2. The molecule has 1 amide bonds. The van der Waals surface area contributed by atoms with Gasteiger partial charge in [0.25, 0.3) is 5.91 Å². The minimum Gasteiger partial charge on any atom is -0.426 e. The summed E-state index contributed by atoms with van der Waals surface area (Å²) in [5.41, 5.74) is 0.939. The van der Waals surface area contributed by atoms with Gasteiger partial charge < -0.3 is 4.74 Å². The number of hydrogen-bond donors (Lipinski definition) is 0. The van der Waals surface area contributed by atoms with Crippen molar-refractivity contribution in [3.63, 3.8) is 0 Å². The van der Waals surface area contributed by atoms with Gasteiger partial charge in [0.1, 0.15) is 5.75 Å². The predicted molar refractivity (Wildman–Crippen MR) is 88.0 cm³/mol. The van der Waals surface area contributed by atoms with Gasteiger partial charge in [-0.05, 0) is 36.8 Å². The van der Waals surface area contributed by atoms with Crippen LogP contribution in [0.5, 0.6) is 5.75 Å². The number of amides is 1. The number of nitrogens with zero attached hydrogens (tertiary/aromatic N) is 1. The van der Waals surface area contributed by atoms with E-state index in [0.717, 1.165) is 5.56 Å². The summed E-state index contributed by atoms with van der Waals surface area (Å²) in [6.45, 7) is 3.06. The van der Waals surface area contributed by atoms with Crippen LogP contribution in [0.2, 0.25) is 0 Å². The Bertz CT molecular complexity index is 865. The molecule has 0 aromatic heterocycles. The van der Waals surface area contributed by atoms with Gasteiger partial charge in [-0.3, -0.25) is 9.59 Å². The molecule has 0 aliphatic carbocycles. The van der Waals surface area contributed by atoms with Crippen molar-refractivity contribution in [3.8, 4) is 5.75 Å². The maximum Gasteiger partial charge on any atom is 0.308 e. The SMILES string of the molecule is CC(=O)Oc1cc(C)ccc1C(=O)N=S(C)(=O)c1ccccc1. The van der Waals surface area contributed by atoms with Crippen molar-refractivity contribution < 1.29 is 18.5 Å². The maximum absolute atomic E-state index is 12.7. The number of ether oxygens (including phenoxy) is 1. The largest absolute Gasteiger partial charge is 0.426 e. The van der Waals surface area contributed by atoms with Crippen molar-refractivity contribution in [1.29, 1.82) is 0 Å². The number of carbonyl (C=O) groups excluding carboxylic acids is 2. The van der Waals surface area contributed by atoms with Crippen LogP contribution in [0.4, 0.5) is 0 Å². The van der Waals surface area contributed by atoms with E-state index in [1.54, 1.807) is 42.5 Å². The summed E-state index contributed by atoms with van der Waals surface area (Å²) < 4.78 is 21.6. The molecule has 2 aromatic rings. The Morgan fingerprint density at radius 1 is 1.09 bits per heavy atom. The Labute approximate surface area is 135 Å². The van der Waals surface area contributed by atoms with Crippen molar-refractivity contribution in [1.82, 2.24) is 0 Å². The number of benzene rings is 2. The molecule has 2 aromatic carbocycles. The molecule has 6 heteroatoms. The lowest BCUT2D eigenvalue weighted by molar-refractivity contribution is -0.131. The van der Waals surface area contributed by atoms with E-state index in [1.165, 1.54) is 19.2 Å². The summed E-state index contributed by atoms with van der Waals surface area (Å²) in [7, 11) is -2.88. The molecule has 0 fully saturated rings. The van der Waals surface area contributed by atoms with Gasteiger partial charge in [0, 0.05) is 18.1 Å². The summed E-state index contributed by atoms with van der Waals surface area (Å²) >= 11 is 0. The molecule has 0 aliphatic rings. The van der Waals surface area contributed by atoms with E-state index in [2.05, 4.69) is 4.36 Å². The number of carbonyl (C=O) groups is 2. The molecular formula is C17H17NO4S. The molecule has 0 saturated carbocycles. The van der Waals surface area contributed by atoms with E-state index < -0.39 is 21.6 Å². The van der Waals surface area contributed by atoms with Crippen molar-refractivity contribution in [2.45, 2.75) is 18.7 Å². The molecule has 23 heavy (non-hydrogen) atoms. The van der Waals surface area contributed by atoms with E-state index >= 15 is 0 Å². The number of aryl methyl sites for hydroxylation is 1. The lowest BCUT2D eigenvalue weighted by Gasteiger charge is -2.08. The average molecular weight is 331 g/mol. The molecule has 1 atom stereocenters. The summed E-state index contributed by atoms with van der Waals surface area (Å²) in [5, 5.41) is 0. The average Bonchev–Trinajstić information content (AvgIpc) is 2.47. The zero-order valence-electron chi connectivity index (χ0n) is 13.1. The molecule has 0 N–H and O–H groups in total. The van der Waals surface area contributed by atoms with Crippen LogP contribution in [0.25, 0.3) is 0 Å². The van der Waals surface area contributed by atoms with Crippen LogP contribution >= 0.6 is 0 Å². The lowest BCUT2D eigenvalue weighted by atomic mass is 10.1. The second-order valence-corrected chi connectivity index (χ2v) is 7.36. The minimum absolute atomic E-state index is 0.108. The highest BCUT2D eigenvalue weighted by Gasteiger charge is 2.16. The smallest absolute Gasteiger partial charge is 0.308 e. The third-order valence-electron chi connectivity index (χ3n) is 3.06. The van der Waals surface area contributed by atoms with Crippen molar-refractivity contribution in [3.05, 3.63) is 59.7 Å². The molecule has 0 spiro atoms. The fourth-order valence-electron chi connectivity index (χ4n) is 1.98. The van der Waals surface area contributed by atoms with Crippen LogP contribution in [-0.4, -0.2) is 22.3 Å². The molecule has 120 valence electrons. The van der Waals surface area contributed by atoms with E-state index in [1.807, 2.05) is 6.92 Å². The van der Waals surface area contributed by atoms with Crippen LogP contribution < -0.4 is 4.74 Å². The zero-order valence-corrected chi connectivity index (χ0v) is 13.9. The summed E-state index contributed by atoms with van der Waals surface area (Å²) in [5.74, 6) is -1.10. The van der Waals surface area contributed by atoms with Crippen molar-refractivity contribution in [2.24, 2.45) is 4.36 Å². The third kappa shape index (κ3) is 4.26. The summed E-state index contributed by atoms with van der Waals surface area (Å²) in [6, 6.07) is 13.4. The third-order valence-corrected chi connectivity index (χ3v) is 4.72. The van der Waals surface area contributed by atoms with Gasteiger partial charge >= 0.3 is 5.97 Å². The maximum atomic E-state index is 12.7. The second-order valence-electron chi connectivity index (χ2n) is 5.11. The summed E-state index contributed by atoms with van der Waals surface area (Å²) in [4.78, 5) is 24.1. The van der Waals surface area contributed by atoms with Gasteiger partial charge in [-0.2, -0.15) is 4.36 Å². The van der Waals surface area contributed by atoms with Crippen LogP contribution in [0.15, 0.2) is 57.8 Å². The van der Waals surface area contributed by atoms with Gasteiger partial charge in [-0.25, -0.2) is 4.21 Å². The van der Waals surface area contributed by atoms with Gasteiger partial charge in [-0.1, -0.05) is 24.3 Å². The molecule has 0 heterocycles. The number of rotatable bonds is 3. The highest BCUT2D eigenvalue weighted by molar-refractivity contribution is 7.93. The first-order valence-corrected chi connectivity index (χ1v) is 8.82. The lowest BCUT2D eigenvalue weighted by Crippen LogP contribution is -2.09. The molecular weight excluding hydrogens is 314 g/mol. The monoisotopic (exact) mass is 331 g/mol. The highest BCUT2D eigenvalue weighted by Crippen LogP contribution is 2.23. The van der Waals surface area contributed by atoms with Crippen LogP contribution in [0, 0.1) is 6.92 Å². The predicted octanol–water partition coefficient (Wildman–Crippen LogP) is 3.22. The fraction of sp³-hybridized carbons (Fsp3) is 0.176. The fourth-order valence-corrected chi connectivity index (χ4v) is 3.16. The van der Waals surface area contributed by atoms with Gasteiger partial charge in [0.2, 0.25) is 0 Å². The molecule has 0 saturated heterocycles. The number of hydrogen-bond acceptors (Lipinski definition) is 4. The molecule has 5 nitrogen and oxygen atoms in total. The normalized spacial score (nSPS) is 13.0. The first kappa shape index (κ1) is 16.9. The molecule has 0 aliphatic heterocycles. The minimum atomic E-state index is -2.88. The Kier molecular flexibility index (Phi) is 4.95. The topological polar surface area (TPSA) is 72.8 Å². The number of esters is 1. The Balaban J connectivity index is 2.47. The van der Waals surface area contributed by atoms with Crippen LogP contribution in [0.3, 0.4) is 0 Å². The first-order valence-electron chi connectivity index (χ1n) is 6.90. The molecule has 0 radical (unpaired) electrons. The van der Waals surface area contributed by atoms with Crippen LogP contribution in [-0.2, 0) is 14.5 Å². The second kappa shape index (κ2) is 6.75. The van der Waals surface area contributed by atoms with Crippen LogP contribution in [0.1, 0.15) is 22.8 Å². The van der Waals surface area contributed by atoms with Crippen molar-refractivity contribution >= 4 is 21.6 Å². The first-order chi connectivity index (χ1) is 10.8. The van der Waals surface area contributed by atoms with Gasteiger partial charge in [0.05, 0.1) is 15.3 Å². The van der Waals surface area contributed by atoms with Crippen molar-refractivity contribution in [2.75, 3.05) is 6.26 Å².